The van der Waals surface area contributed by atoms with Crippen LogP contribution in [0.1, 0.15) is 5.56 Å². The van der Waals surface area contributed by atoms with E-state index in [9.17, 15) is 14.7 Å². The number of carbonyl (C=O) groups is 2. The normalized spacial score (nSPS) is 21.0. The van der Waals surface area contributed by atoms with Crippen molar-refractivity contribution in [2.75, 3.05) is 19.1 Å². The first-order valence-electron chi connectivity index (χ1n) is 8.97. The number of methoxy groups -OCH3 is 2. The molecule has 2 atom stereocenters. The first-order chi connectivity index (χ1) is 14.0. The zero-order valence-corrected chi connectivity index (χ0v) is 16.7. The highest BCUT2D eigenvalue weighted by atomic mass is 32.2. The fourth-order valence-corrected chi connectivity index (χ4v) is 4.83. The van der Waals surface area contributed by atoms with Gasteiger partial charge in [-0.2, -0.15) is 0 Å². The number of ether oxygens (including phenoxy) is 2. The molecule has 2 aliphatic rings. The highest BCUT2D eigenvalue weighted by molar-refractivity contribution is 8.09. The lowest BCUT2D eigenvalue weighted by Gasteiger charge is -2.31. The lowest BCUT2D eigenvalue weighted by Crippen LogP contribution is -2.39. The SMILES string of the molecule is COC(=O)[C@H]1SC(c2ccccc2)=C[C@H]2C1=C(O)C(=O)N2c1ccc(OC)cc1. The Hall–Kier alpha value is -3.19. The topological polar surface area (TPSA) is 76.1 Å². The Bertz CT molecular complexity index is 1010. The van der Waals surface area contributed by atoms with E-state index in [1.165, 1.54) is 23.8 Å². The first-order valence-corrected chi connectivity index (χ1v) is 9.85. The van der Waals surface area contributed by atoms with Crippen LogP contribution in [0.4, 0.5) is 5.69 Å². The van der Waals surface area contributed by atoms with Crippen LogP contribution in [-0.4, -0.2) is 42.5 Å². The Kier molecular flexibility index (Phi) is 5.07. The number of aliphatic hydroxyl groups is 1. The molecule has 0 saturated carbocycles. The molecule has 2 aromatic carbocycles. The summed E-state index contributed by atoms with van der Waals surface area (Å²) < 4.78 is 10.1. The second-order valence-corrected chi connectivity index (χ2v) is 7.69. The minimum Gasteiger partial charge on any atom is -0.503 e. The Morgan fingerprint density at radius 3 is 2.38 bits per heavy atom. The van der Waals surface area contributed by atoms with Gasteiger partial charge in [0.1, 0.15) is 11.0 Å². The van der Waals surface area contributed by atoms with Crippen molar-refractivity contribution in [3.05, 3.63) is 77.6 Å². The summed E-state index contributed by atoms with van der Waals surface area (Å²) in [5.41, 5.74) is 1.88. The third-order valence-electron chi connectivity index (χ3n) is 4.95. The second-order valence-electron chi connectivity index (χ2n) is 6.54. The number of carbonyl (C=O) groups excluding carboxylic acids is 2. The molecule has 7 heteroatoms. The summed E-state index contributed by atoms with van der Waals surface area (Å²) in [6, 6.07) is 16.0. The fraction of sp³-hybridized carbons (Fsp3) is 0.182. The lowest BCUT2D eigenvalue weighted by molar-refractivity contribution is -0.139. The zero-order chi connectivity index (χ0) is 20.5. The molecular weight excluding hydrogens is 390 g/mol. The van der Waals surface area contributed by atoms with Crippen molar-refractivity contribution in [3.63, 3.8) is 0 Å². The van der Waals surface area contributed by atoms with Crippen molar-refractivity contribution in [1.29, 1.82) is 0 Å². The zero-order valence-electron chi connectivity index (χ0n) is 15.9. The number of anilines is 1. The molecule has 29 heavy (non-hydrogen) atoms. The van der Waals surface area contributed by atoms with Crippen LogP contribution in [0.3, 0.4) is 0 Å². The van der Waals surface area contributed by atoms with Gasteiger partial charge in [0, 0.05) is 16.2 Å². The minimum absolute atomic E-state index is 0.349. The van der Waals surface area contributed by atoms with E-state index in [0.29, 0.717) is 17.0 Å². The highest BCUT2D eigenvalue weighted by Gasteiger charge is 2.48. The van der Waals surface area contributed by atoms with Crippen LogP contribution >= 0.6 is 11.8 Å². The van der Waals surface area contributed by atoms with E-state index in [1.54, 1.807) is 31.4 Å². The molecule has 1 amide bonds. The van der Waals surface area contributed by atoms with Gasteiger partial charge in [0.2, 0.25) is 0 Å². The van der Waals surface area contributed by atoms with Crippen LogP contribution in [0.15, 0.2) is 72.0 Å². The highest BCUT2D eigenvalue weighted by Crippen LogP contribution is 2.47. The predicted molar refractivity (Wildman–Crippen MR) is 112 cm³/mol. The number of hydrogen-bond acceptors (Lipinski definition) is 6. The van der Waals surface area contributed by atoms with Crippen molar-refractivity contribution < 1.29 is 24.2 Å². The van der Waals surface area contributed by atoms with Crippen LogP contribution in [0.25, 0.3) is 4.91 Å². The molecule has 2 aromatic rings. The van der Waals surface area contributed by atoms with Gasteiger partial charge in [-0.3, -0.25) is 14.5 Å². The molecule has 6 nitrogen and oxygen atoms in total. The number of hydrogen-bond donors (Lipinski definition) is 1. The molecule has 2 heterocycles. The molecule has 0 bridgehead atoms. The van der Waals surface area contributed by atoms with Gasteiger partial charge >= 0.3 is 5.97 Å². The first kappa shape index (κ1) is 19.1. The molecule has 0 radical (unpaired) electrons. The third-order valence-corrected chi connectivity index (χ3v) is 6.26. The van der Waals surface area contributed by atoms with E-state index in [0.717, 1.165) is 10.5 Å². The van der Waals surface area contributed by atoms with Crippen LogP contribution in [0.5, 0.6) is 5.75 Å². The maximum absolute atomic E-state index is 12.9. The van der Waals surface area contributed by atoms with Gasteiger partial charge in [0.05, 0.1) is 20.3 Å². The van der Waals surface area contributed by atoms with Crippen molar-refractivity contribution in [2.24, 2.45) is 0 Å². The quantitative estimate of drug-likeness (QED) is 0.779. The third kappa shape index (κ3) is 3.27. The summed E-state index contributed by atoms with van der Waals surface area (Å²) in [4.78, 5) is 27.8. The number of amides is 1. The van der Waals surface area contributed by atoms with E-state index in [1.807, 2.05) is 36.4 Å². The molecule has 148 valence electrons. The summed E-state index contributed by atoms with van der Waals surface area (Å²) in [6.07, 6.45) is 1.90. The number of benzene rings is 2. The van der Waals surface area contributed by atoms with Crippen LogP contribution < -0.4 is 9.64 Å². The maximum atomic E-state index is 12.9. The Balaban J connectivity index is 1.83. The standard InChI is InChI=1S/C22H19NO5S/c1-27-15-10-8-14(9-11-15)23-16-12-17(13-6-4-3-5-7-13)29-20(22(26)28-2)18(16)19(24)21(23)25/h3-12,16,20,24H,1-2H3/t16-,20-/m0/s1. The molecule has 4 rings (SSSR count). The van der Waals surface area contributed by atoms with Crippen LogP contribution in [0, 0.1) is 0 Å². The van der Waals surface area contributed by atoms with Gasteiger partial charge in [-0.05, 0) is 35.9 Å². The predicted octanol–water partition coefficient (Wildman–Crippen LogP) is 3.55. The van der Waals surface area contributed by atoms with E-state index in [4.69, 9.17) is 9.47 Å². The monoisotopic (exact) mass is 409 g/mol. The van der Waals surface area contributed by atoms with Crippen molar-refractivity contribution in [1.82, 2.24) is 0 Å². The summed E-state index contributed by atoms with van der Waals surface area (Å²) in [5, 5.41) is 9.80. The molecule has 1 N–H and O–H groups in total. The number of nitrogens with zero attached hydrogens (tertiary/aromatic N) is 1. The Morgan fingerprint density at radius 1 is 1.07 bits per heavy atom. The average molecular weight is 409 g/mol. The number of thioether (sulfide) groups is 1. The van der Waals surface area contributed by atoms with Crippen LogP contribution in [-0.2, 0) is 14.3 Å². The average Bonchev–Trinajstić information content (AvgIpc) is 3.03. The van der Waals surface area contributed by atoms with Gasteiger partial charge in [-0.1, -0.05) is 30.3 Å². The summed E-state index contributed by atoms with van der Waals surface area (Å²) in [6.45, 7) is 0. The second kappa shape index (κ2) is 7.67. The summed E-state index contributed by atoms with van der Waals surface area (Å²) in [7, 11) is 2.86. The van der Waals surface area contributed by atoms with E-state index < -0.39 is 28.9 Å². The molecular formula is C22H19NO5S. The van der Waals surface area contributed by atoms with Gasteiger partial charge in [-0.15, -0.1) is 11.8 Å². The Labute approximate surface area is 172 Å². The number of esters is 1. The van der Waals surface area contributed by atoms with Crippen LogP contribution in [0.2, 0.25) is 0 Å². The molecule has 0 aliphatic carbocycles. The Morgan fingerprint density at radius 2 is 1.76 bits per heavy atom. The molecule has 0 fully saturated rings. The van der Waals surface area contributed by atoms with E-state index >= 15 is 0 Å². The van der Waals surface area contributed by atoms with Gasteiger partial charge < -0.3 is 14.6 Å². The summed E-state index contributed by atoms with van der Waals surface area (Å²) >= 11 is 1.27. The summed E-state index contributed by atoms with van der Waals surface area (Å²) in [5.74, 6) is -0.801. The maximum Gasteiger partial charge on any atom is 0.323 e. The van der Waals surface area contributed by atoms with Gasteiger partial charge in [0.25, 0.3) is 5.91 Å². The smallest absolute Gasteiger partial charge is 0.323 e. The fourth-order valence-electron chi connectivity index (χ4n) is 3.53. The number of rotatable bonds is 4. The van der Waals surface area contributed by atoms with Gasteiger partial charge in [0.15, 0.2) is 5.76 Å². The molecule has 0 spiro atoms. The van der Waals surface area contributed by atoms with Gasteiger partial charge in [-0.25, -0.2) is 0 Å². The van der Waals surface area contributed by atoms with Crippen molar-refractivity contribution in [2.45, 2.75) is 11.3 Å². The van der Waals surface area contributed by atoms with Crippen molar-refractivity contribution in [3.8, 4) is 5.75 Å². The van der Waals surface area contributed by atoms with Crippen molar-refractivity contribution >= 4 is 34.2 Å². The molecule has 2 aliphatic heterocycles. The lowest BCUT2D eigenvalue weighted by atomic mass is 10.0. The van der Waals surface area contributed by atoms with E-state index in [2.05, 4.69) is 0 Å². The number of fused-ring (bicyclic) bond motifs is 1. The largest absolute Gasteiger partial charge is 0.503 e. The molecule has 0 unspecified atom stereocenters. The molecule has 0 aromatic heterocycles. The molecule has 0 saturated heterocycles. The minimum atomic E-state index is -0.808. The number of aliphatic hydroxyl groups excluding tert-OH is 1. The van der Waals surface area contributed by atoms with E-state index in [-0.39, 0.29) is 0 Å².